The Kier molecular flexibility index (Phi) is 4.34. The molecule has 0 unspecified atom stereocenters. The largest absolute Gasteiger partial charge is 0.262 e. The fourth-order valence-corrected chi connectivity index (χ4v) is 1.48. The summed E-state index contributed by atoms with van der Waals surface area (Å²) in [5, 5.41) is 10.0. The standard InChI is InChI=1S/C14H15N5/c1-3-13(14-8-4-5-10-16-14)17-18-19(2)12-7-6-9-15-11-12/h3-11H,1-2H3. The molecule has 0 saturated heterocycles. The molecule has 0 radical (unpaired) electrons. The van der Waals surface area contributed by atoms with Crippen molar-refractivity contribution in [3.8, 4) is 0 Å². The van der Waals surface area contributed by atoms with Crippen molar-refractivity contribution in [2.75, 3.05) is 12.1 Å². The van der Waals surface area contributed by atoms with E-state index in [2.05, 4.69) is 20.3 Å². The van der Waals surface area contributed by atoms with Gasteiger partial charge in [-0.05, 0) is 31.2 Å². The summed E-state index contributed by atoms with van der Waals surface area (Å²) >= 11 is 0. The molecule has 0 N–H and O–H groups in total. The lowest BCUT2D eigenvalue weighted by Gasteiger charge is -2.10. The van der Waals surface area contributed by atoms with Crippen LogP contribution in [0.4, 0.5) is 5.69 Å². The average molecular weight is 253 g/mol. The fraction of sp³-hybridized carbons (Fsp3) is 0.143. The van der Waals surface area contributed by atoms with Crippen LogP contribution in [0, 0.1) is 0 Å². The van der Waals surface area contributed by atoms with E-state index < -0.39 is 0 Å². The van der Waals surface area contributed by atoms with Crippen molar-refractivity contribution < 1.29 is 0 Å². The summed E-state index contributed by atoms with van der Waals surface area (Å²) < 4.78 is 0. The predicted octanol–water partition coefficient (Wildman–Crippen LogP) is 3.34. The molecule has 0 bridgehead atoms. The number of allylic oxidation sites excluding steroid dienone is 1. The van der Waals surface area contributed by atoms with Gasteiger partial charge in [0.15, 0.2) is 0 Å². The molecule has 2 heterocycles. The Hall–Kier alpha value is -2.56. The monoisotopic (exact) mass is 253 g/mol. The Morgan fingerprint density at radius 1 is 1.21 bits per heavy atom. The molecule has 2 aromatic heterocycles. The molecule has 0 spiro atoms. The van der Waals surface area contributed by atoms with Gasteiger partial charge in [-0.3, -0.25) is 9.97 Å². The van der Waals surface area contributed by atoms with E-state index in [-0.39, 0.29) is 0 Å². The summed E-state index contributed by atoms with van der Waals surface area (Å²) in [6.07, 6.45) is 7.07. The maximum Gasteiger partial charge on any atom is 0.109 e. The highest BCUT2D eigenvalue weighted by Gasteiger charge is 2.01. The zero-order valence-corrected chi connectivity index (χ0v) is 10.9. The van der Waals surface area contributed by atoms with E-state index >= 15 is 0 Å². The van der Waals surface area contributed by atoms with Crippen molar-refractivity contribution >= 4 is 11.4 Å². The molecular formula is C14H15N5. The Morgan fingerprint density at radius 2 is 2.11 bits per heavy atom. The summed E-state index contributed by atoms with van der Waals surface area (Å²) in [5.41, 5.74) is 2.41. The molecule has 0 aliphatic carbocycles. The van der Waals surface area contributed by atoms with Gasteiger partial charge in [0, 0.05) is 19.4 Å². The molecular weight excluding hydrogens is 238 g/mol. The van der Waals surface area contributed by atoms with E-state index in [4.69, 9.17) is 0 Å². The van der Waals surface area contributed by atoms with Gasteiger partial charge >= 0.3 is 0 Å². The normalized spacial score (nSPS) is 11.8. The SMILES string of the molecule is CC=C(N=NN(C)c1cccnc1)c1ccccn1. The molecule has 19 heavy (non-hydrogen) atoms. The lowest BCUT2D eigenvalue weighted by Crippen LogP contribution is -2.07. The summed E-state index contributed by atoms with van der Waals surface area (Å²) in [5.74, 6) is 0. The van der Waals surface area contributed by atoms with Gasteiger partial charge in [-0.15, -0.1) is 5.11 Å². The third kappa shape index (κ3) is 3.45. The lowest BCUT2D eigenvalue weighted by atomic mass is 10.3. The second kappa shape index (κ2) is 6.39. The van der Waals surface area contributed by atoms with Crippen LogP contribution in [0.3, 0.4) is 0 Å². The third-order valence-electron chi connectivity index (χ3n) is 2.51. The number of nitrogens with zero attached hydrogens (tertiary/aromatic N) is 5. The number of hydrogen-bond donors (Lipinski definition) is 0. The van der Waals surface area contributed by atoms with Crippen LogP contribution in [0.2, 0.25) is 0 Å². The minimum atomic E-state index is 0.733. The van der Waals surface area contributed by atoms with Gasteiger partial charge in [0.2, 0.25) is 0 Å². The summed E-state index contributed by atoms with van der Waals surface area (Å²) in [6.45, 7) is 1.91. The molecule has 0 aromatic carbocycles. The van der Waals surface area contributed by atoms with Crippen molar-refractivity contribution in [1.82, 2.24) is 9.97 Å². The molecule has 2 aromatic rings. The first-order chi connectivity index (χ1) is 9.31. The minimum Gasteiger partial charge on any atom is -0.262 e. The van der Waals surface area contributed by atoms with Crippen molar-refractivity contribution in [2.24, 2.45) is 10.3 Å². The highest BCUT2D eigenvalue weighted by molar-refractivity contribution is 5.60. The lowest BCUT2D eigenvalue weighted by molar-refractivity contribution is 0.918. The number of aromatic nitrogens is 2. The maximum atomic E-state index is 4.25. The molecule has 0 fully saturated rings. The van der Waals surface area contributed by atoms with Crippen LogP contribution < -0.4 is 5.01 Å². The van der Waals surface area contributed by atoms with E-state index in [0.717, 1.165) is 17.1 Å². The summed E-state index contributed by atoms with van der Waals surface area (Å²) in [6, 6.07) is 9.47. The first-order valence-corrected chi connectivity index (χ1v) is 5.94. The zero-order valence-electron chi connectivity index (χ0n) is 10.9. The number of hydrogen-bond acceptors (Lipinski definition) is 4. The van der Waals surface area contributed by atoms with Crippen LogP contribution in [0.25, 0.3) is 5.70 Å². The molecule has 0 saturated carbocycles. The van der Waals surface area contributed by atoms with Gasteiger partial charge in [0.1, 0.15) is 5.70 Å². The molecule has 0 aliphatic rings. The van der Waals surface area contributed by atoms with Crippen LogP contribution in [0.5, 0.6) is 0 Å². The summed E-state index contributed by atoms with van der Waals surface area (Å²) in [7, 11) is 1.83. The Balaban J connectivity index is 2.14. The quantitative estimate of drug-likeness (QED) is 0.620. The molecule has 0 amide bonds. The third-order valence-corrected chi connectivity index (χ3v) is 2.51. The van der Waals surface area contributed by atoms with Gasteiger partial charge in [-0.25, -0.2) is 5.01 Å². The van der Waals surface area contributed by atoms with Gasteiger partial charge in [-0.1, -0.05) is 17.4 Å². The number of pyridine rings is 2. The first-order valence-electron chi connectivity index (χ1n) is 5.94. The highest BCUT2D eigenvalue weighted by Crippen LogP contribution is 2.15. The molecule has 5 heteroatoms. The maximum absolute atomic E-state index is 4.25. The predicted molar refractivity (Wildman–Crippen MR) is 75.4 cm³/mol. The van der Waals surface area contributed by atoms with E-state index in [1.165, 1.54) is 0 Å². The molecule has 2 rings (SSSR count). The topological polar surface area (TPSA) is 53.7 Å². The van der Waals surface area contributed by atoms with Crippen molar-refractivity contribution in [3.05, 3.63) is 60.7 Å². The molecule has 96 valence electrons. The van der Waals surface area contributed by atoms with E-state index in [1.54, 1.807) is 23.6 Å². The molecule has 0 atom stereocenters. The Bertz CT molecular complexity index is 563. The first kappa shape index (κ1) is 12.9. The van der Waals surface area contributed by atoms with Crippen molar-refractivity contribution in [2.45, 2.75) is 6.92 Å². The highest BCUT2D eigenvalue weighted by atomic mass is 15.5. The number of rotatable bonds is 4. The second-order valence-corrected chi connectivity index (χ2v) is 3.81. The van der Waals surface area contributed by atoms with E-state index in [9.17, 15) is 0 Å². The molecule has 5 nitrogen and oxygen atoms in total. The van der Waals surface area contributed by atoms with Crippen molar-refractivity contribution in [3.63, 3.8) is 0 Å². The smallest absolute Gasteiger partial charge is 0.109 e. The summed E-state index contributed by atoms with van der Waals surface area (Å²) in [4.78, 5) is 8.29. The van der Waals surface area contributed by atoms with Crippen LogP contribution in [0.15, 0.2) is 65.3 Å². The average Bonchev–Trinajstić information content (AvgIpc) is 2.49. The minimum absolute atomic E-state index is 0.733. The van der Waals surface area contributed by atoms with Crippen LogP contribution >= 0.6 is 0 Å². The van der Waals surface area contributed by atoms with E-state index in [1.807, 2.05) is 50.4 Å². The van der Waals surface area contributed by atoms with Gasteiger partial charge in [0.05, 0.1) is 17.6 Å². The Morgan fingerprint density at radius 3 is 2.74 bits per heavy atom. The van der Waals surface area contributed by atoms with Gasteiger partial charge < -0.3 is 0 Å². The van der Waals surface area contributed by atoms with Crippen LogP contribution in [-0.4, -0.2) is 17.0 Å². The number of anilines is 1. The zero-order chi connectivity index (χ0) is 13.5. The second-order valence-electron chi connectivity index (χ2n) is 3.81. The fourth-order valence-electron chi connectivity index (χ4n) is 1.48. The molecule has 0 aliphatic heterocycles. The van der Waals surface area contributed by atoms with Crippen LogP contribution in [0.1, 0.15) is 12.6 Å². The Labute approximate surface area is 112 Å². The van der Waals surface area contributed by atoms with Gasteiger partial charge in [0.25, 0.3) is 0 Å². The van der Waals surface area contributed by atoms with E-state index in [0.29, 0.717) is 0 Å². The van der Waals surface area contributed by atoms with Gasteiger partial charge in [-0.2, -0.15) is 0 Å². The van der Waals surface area contributed by atoms with Crippen molar-refractivity contribution in [1.29, 1.82) is 0 Å². The van der Waals surface area contributed by atoms with Crippen LogP contribution in [-0.2, 0) is 0 Å².